The molecule has 0 aromatic carbocycles. The second kappa shape index (κ2) is 5.71. The van der Waals surface area contributed by atoms with Gasteiger partial charge in [0.25, 0.3) is 0 Å². The first-order valence-corrected chi connectivity index (χ1v) is 3.08. The van der Waals surface area contributed by atoms with Gasteiger partial charge in [-0.25, -0.2) is 5.06 Å². The van der Waals surface area contributed by atoms with Crippen LogP contribution in [-0.4, -0.2) is 38.3 Å². The maximum Gasteiger partial charge on any atom is 0.321 e. The van der Waals surface area contributed by atoms with Crippen molar-refractivity contribution in [2.45, 2.75) is 0 Å². The summed E-state index contributed by atoms with van der Waals surface area (Å²) in [5.74, 6) is 1.41. The Balaban J connectivity index is 3.46. The summed E-state index contributed by atoms with van der Waals surface area (Å²) in [5, 5.41) is 0.999. The minimum Gasteiger partial charge on any atom is -0.382 e. The van der Waals surface area contributed by atoms with E-state index in [0.717, 1.165) is 5.06 Å². The fourth-order valence-corrected chi connectivity index (χ4v) is 0.407. The molecule has 4 heteroatoms. The lowest BCUT2D eigenvalue weighted by molar-refractivity contribution is -0.175. The van der Waals surface area contributed by atoms with Crippen LogP contribution < -0.4 is 0 Å². The van der Waals surface area contributed by atoms with Crippen LogP contribution >= 0.6 is 0 Å². The fraction of sp³-hybridized carbons (Fsp3) is 0.571. The zero-order valence-corrected chi connectivity index (χ0v) is 6.66. The minimum absolute atomic E-state index is 0.320. The third-order valence-electron chi connectivity index (χ3n) is 0.982. The number of carbonyl (C=O) groups is 1. The SMILES string of the molecule is C#CC(=O)N(C)OCCOC. The number of nitrogens with zero attached hydrogens (tertiary/aromatic N) is 1. The zero-order chi connectivity index (χ0) is 8.69. The van der Waals surface area contributed by atoms with Crippen molar-refractivity contribution in [2.75, 3.05) is 27.4 Å². The molecule has 0 N–H and O–H groups in total. The molecule has 11 heavy (non-hydrogen) atoms. The Bertz CT molecular complexity index is 162. The first-order valence-electron chi connectivity index (χ1n) is 3.08. The molecule has 1 amide bonds. The molecule has 62 valence electrons. The standard InChI is InChI=1S/C7H11NO3/c1-4-7(9)8(2)11-6-5-10-3/h1H,5-6H2,2-3H3. The van der Waals surface area contributed by atoms with E-state index in [2.05, 4.69) is 0 Å². The van der Waals surface area contributed by atoms with Gasteiger partial charge in [-0.2, -0.15) is 0 Å². The van der Waals surface area contributed by atoms with Crippen molar-refractivity contribution in [2.24, 2.45) is 0 Å². The third kappa shape index (κ3) is 4.37. The van der Waals surface area contributed by atoms with E-state index >= 15 is 0 Å². The largest absolute Gasteiger partial charge is 0.382 e. The molecule has 0 saturated carbocycles. The van der Waals surface area contributed by atoms with Crippen molar-refractivity contribution >= 4 is 5.91 Å². The molecule has 0 atom stereocenters. The van der Waals surface area contributed by atoms with E-state index in [-0.39, 0.29) is 0 Å². The third-order valence-corrected chi connectivity index (χ3v) is 0.982. The molecule has 0 aliphatic heterocycles. The van der Waals surface area contributed by atoms with Crippen LogP contribution in [0.3, 0.4) is 0 Å². The van der Waals surface area contributed by atoms with E-state index in [1.54, 1.807) is 7.11 Å². The van der Waals surface area contributed by atoms with Crippen LogP contribution in [0.5, 0.6) is 0 Å². The topological polar surface area (TPSA) is 38.8 Å². The number of hydroxylamine groups is 2. The van der Waals surface area contributed by atoms with Crippen LogP contribution in [0.15, 0.2) is 0 Å². The van der Waals surface area contributed by atoms with Gasteiger partial charge < -0.3 is 4.74 Å². The normalized spacial score (nSPS) is 8.82. The highest BCUT2D eigenvalue weighted by Gasteiger charge is 2.03. The summed E-state index contributed by atoms with van der Waals surface area (Å²) in [6, 6.07) is 0. The Morgan fingerprint density at radius 1 is 1.64 bits per heavy atom. The highest BCUT2D eigenvalue weighted by molar-refractivity contribution is 5.91. The van der Waals surface area contributed by atoms with Crippen LogP contribution in [0.25, 0.3) is 0 Å². The van der Waals surface area contributed by atoms with E-state index in [1.165, 1.54) is 7.05 Å². The average Bonchev–Trinajstić information content (AvgIpc) is 2.03. The van der Waals surface area contributed by atoms with E-state index in [1.807, 2.05) is 5.92 Å². The Hall–Kier alpha value is -1.05. The van der Waals surface area contributed by atoms with Crippen LogP contribution in [0, 0.1) is 12.3 Å². The number of terminal acetylenes is 1. The number of hydrogen-bond donors (Lipinski definition) is 0. The summed E-state index contributed by atoms with van der Waals surface area (Å²) in [5.41, 5.74) is 0. The van der Waals surface area contributed by atoms with Crippen molar-refractivity contribution in [1.82, 2.24) is 5.06 Å². The molecule has 0 aliphatic rings. The number of hydrogen-bond acceptors (Lipinski definition) is 3. The summed E-state index contributed by atoms with van der Waals surface area (Å²) in [4.78, 5) is 15.5. The van der Waals surface area contributed by atoms with Crippen LogP contribution in [-0.2, 0) is 14.4 Å². The second-order valence-electron chi connectivity index (χ2n) is 1.77. The van der Waals surface area contributed by atoms with E-state index < -0.39 is 5.91 Å². The molecule has 0 heterocycles. The van der Waals surface area contributed by atoms with Gasteiger partial charge in [-0.05, 0) is 5.92 Å². The summed E-state index contributed by atoms with van der Waals surface area (Å²) in [6.45, 7) is 0.753. The fourth-order valence-electron chi connectivity index (χ4n) is 0.407. The first-order chi connectivity index (χ1) is 5.22. The molecule has 0 unspecified atom stereocenters. The lowest BCUT2D eigenvalue weighted by Gasteiger charge is -2.12. The molecule has 0 aromatic rings. The predicted molar refractivity (Wildman–Crippen MR) is 39.4 cm³/mol. The van der Waals surface area contributed by atoms with Gasteiger partial charge in [0.15, 0.2) is 0 Å². The zero-order valence-electron chi connectivity index (χ0n) is 6.66. The highest BCUT2D eigenvalue weighted by Crippen LogP contribution is 1.85. The van der Waals surface area contributed by atoms with Gasteiger partial charge in [0, 0.05) is 14.2 Å². The summed E-state index contributed by atoms with van der Waals surface area (Å²) >= 11 is 0. The number of rotatable bonds is 4. The summed E-state index contributed by atoms with van der Waals surface area (Å²) in [7, 11) is 3.00. The molecular formula is C7H11NO3. The number of ether oxygens (including phenoxy) is 1. The van der Waals surface area contributed by atoms with Gasteiger partial charge in [0.2, 0.25) is 0 Å². The lowest BCUT2D eigenvalue weighted by atomic mass is 10.6. The molecular weight excluding hydrogens is 146 g/mol. The van der Waals surface area contributed by atoms with Gasteiger partial charge in [0.05, 0.1) is 13.2 Å². The Morgan fingerprint density at radius 2 is 2.27 bits per heavy atom. The molecule has 0 aliphatic carbocycles. The Kier molecular flexibility index (Phi) is 5.17. The van der Waals surface area contributed by atoms with Gasteiger partial charge in [-0.3, -0.25) is 9.63 Å². The van der Waals surface area contributed by atoms with Crippen LogP contribution in [0.4, 0.5) is 0 Å². The number of carbonyl (C=O) groups excluding carboxylic acids is 1. The maximum absolute atomic E-state index is 10.6. The molecule has 0 fully saturated rings. The summed E-state index contributed by atoms with van der Waals surface area (Å²) in [6.07, 6.45) is 4.82. The lowest BCUT2D eigenvalue weighted by Crippen LogP contribution is -2.26. The van der Waals surface area contributed by atoms with Crippen molar-refractivity contribution in [3.63, 3.8) is 0 Å². The molecule has 0 aromatic heterocycles. The Morgan fingerprint density at radius 3 is 2.73 bits per heavy atom. The Labute approximate surface area is 66.0 Å². The predicted octanol–water partition coefficient (Wildman–Crippen LogP) is -0.344. The van der Waals surface area contributed by atoms with E-state index in [4.69, 9.17) is 16.0 Å². The van der Waals surface area contributed by atoms with Gasteiger partial charge >= 0.3 is 5.91 Å². The smallest absolute Gasteiger partial charge is 0.321 e. The van der Waals surface area contributed by atoms with Crippen LogP contribution in [0.2, 0.25) is 0 Å². The van der Waals surface area contributed by atoms with E-state index in [0.29, 0.717) is 13.2 Å². The van der Waals surface area contributed by atoms with Crippen LogP contribution in [0.1, 0.15) is 0 Å². The quantitative estimate of drug-likeness (QED) is 0.318. The van der Waals surface area contributed by atoms with Crippen molar-refractivity contribution in [3.05, 3.63) is 0 Å². The maximum atomic E-state index is 10.6. The van der Waals surface area contributed by atoms with Crippen molar-refractivity contribution < 1.29 is 14.4 Å². The van der Waals surface area contributed by atoms with Gasteiger partial charge in [-0.15, -0.1) is 6.42 Å². The second-order valence-corrected chi connectivity index (χ2v) is 1.77. The average molecular weight is 157 g/mol. The molecule has 0 saturated heterocycles. The van der Waals surface area contributed by atoms with E-state index in [9.17, 15) is 4.79 Å². The van der Waals surface area contributed by atoms with Gasteiger partial charge in [-0.1, -0.05) is 0 Å². The molecule has 0 spiro atoms. The minimum atomic E-state index is -0.499. The molecule has 4 nitrogen and oxygen atoms in total. The monoisotopic (exact) mass is 157 g/mol. The van der Waals surface area contributed by atoms with Crippen molar-refractivity contribution in [1.29, 1.82) is 0 Å². The molecule has 0 radical (unpaired) electrons. The highest BCUT2D eigenvalue weighted by atomic mass is 16.7. The number of methoxy groups -OCH3 is 1. The molecule has 0 bridgehead atoms. The number of amides is 1. The first kappa shape index (κ1) is 9.95. The van der Waals surface area contributed by atoms with Gasteiger partial charge in [0.1, 0.15) is 0 Å². The van der Waals surface area contributed by atoms with Crippen molar-refractivity contribution in [3.8, 4) is 12.3 Å². The summed E-state index contributed by atoms with van der Waals surface area (Å²) < 4.78 is 4.69. The molecule has 0 rings (SSSR count).